The van der Waals surface area contributed by atoms with Gasteiger partial charge in [-0.1, -0.05) is 0 Å². The zero-order valence-corrected chi connectivity index (χ0v) is 16.9. The van der Waals surface area contributed by atoms with Crippen LogP contribution in [0.5, 0.6) is 0 Å². The third-order valence-corrected chi connectivity index (χ3v) is 6.65. The Kier molecular flexibility index (Phi) is 4.66. The van der Waals surface area contributed by atoms with Crippen LogP contribution in [0.3, 0.4) is 0 Å². The normalized spacial score (nSPS) is 13.9. The summed E-state index contributed by atoms with van der Waals surface area (Å²) in [6.07, 6.45) is 2.09. The van der Waals surface area contributed by atoms with E-state index in [2.05, 4.69) is 14.4 Å². The van der Waals surface area contributed by atoms with Gasteiger partial charge in [0.25, 0.3) is 10.0 Å². The molecule has 1 aliphatic rings. The van der Waals surface area contributed by atoms with Gasteiger partial charge in [0, 0.05) is 34.3 Å². The Bertz CT molecular complexity index is 1240. The fourth-order valence-electron chi connectivity index (χ4n) is 3.73. The van der Waals surface area contributed by atoms with Gasteiger partial charge in [-0.25, -0.2) is 13.2 Å². The van der Waals surface area contributed by atoms with E-state index in [0.29, 0.717) is 34.3 Å². The van der Waals surface area contributed by atoms with E-state index >= 15 is 0 Å². The number of ketones is 1. The molecule has 2 aromatic carbocycles. The number of aryl methyl sites for hydroxylation is 2. The van der Waals surface area contributed by atoms with Gasteiger partial charge >= 0.3 is 5.97 Å². The number of nitrogens with one attached hydrogen (secondary N) is 2. The van der Waals surface area contributed by atoms with E-state index in [-0.39, 0.29) is 10.7 Å². The van der Waals surface area contributed by atoms with Crippen LogP contribution >= 0.6 is 0 Å². The quantitative estimate of drug-likeness (QED) is 0.637. The molecule has 0 saturated heterocycles. The molecule has 0 bridgehead atoms. The monoisotopic (exact) mass is 412 g/mol. The second kappa shape index (κ2) is 7.04. The first-order chi connectivity index (χ1) is 13.8. The standard InChI is InChI=1S/C21H20N2O5S/c1-12-10-15-17(22-16-4-3-5-18(24)20(15)16)11-19(12)29(26,27)23-14-8-6-13(7-9-14)21(25)28-2/h6-11,22-23H,3-5H2,1-2H3. The molecule has 1 aromatic heterocycles. The molecule has 0 aliphatic heterocycles. The van der Waals surface area contributed by atoms with Crippen molar-refractivity contribution in [3.8, 4) is 0 Å². The number of rotatable bonds is 4. The van der Waals surface area contributed by atoms with Crippen molar-refractivity contribution in [2.75, 3.05) is 11.8 Å². The number of anilines is 1. The molecule has 0 saturated carbocycles. The maximum Gasteiger partial charge on any atom is 0.337 e. The van der Waals surface area contributed by atoms with E-state index in [1.54, 1.807) is 19.1 Å². The van der Waals surface area contributed by atoms with Crippen LogP contribution in [-0.2, 0) is 21.2 Å². The number of carbonyl (C=O) groups is 2. The number of hydrogen-bond donors (Lipinski definition) is 2. The van der Waals surface area contributed by atoms with Crippen LogP contribution < -0.4 is 4.72 Å². The van der Waals surface area contributed by atoms with Crippen LogP contribution in [0.2, 0.25) is 0 Å². The van der Waals surface area contributed by atoms with Crippen LogP contribution in [0.1, 0.15) is 44.8 Å². The van der Waals surface area contributed by atoms with Crippen molar-refractivity contribution in [3.05, 3.63) is 58.8 Å². The Morgan fingerprint density at radius 2 is 1.86 bits per heavy atom. The number of sulfonamides is 1. The second-order valence-corrected chi connectivity index (χ2v) is 8.74. The summed E-state index contributed by atoms with van der Waals surface area (Å²) in [5.41, 5.74) is 3.41. The predicted molar refractivity (Wildman–Crippen MR) is 109 cm³/mol. The largest absolute Gasteiger partial charge is 0.465 e. The molecular weight excluding hydrogens is 392 g/mol. The molecule has 0 amide bonds. The summed E-state index contributed by atoms with van der Waals surface area (Å²) in [7, 11) is -2.58. The summed E-state index contributed by atoms with van der Waals surface area (Å²) in [6, 6.07) is 9.31. The van der Waals surface area contributed by atoms with Gasteiger partial charge in [0.15, 0.2) is 5.78 Å². The number of esters is 1. The van der Waals surface area contributed by atoms with E-state index < -0.39 is 16.0 Å². The summed E-state index contributed by atoms with van der Waals surface area (Å²) < 4.78 is 33.1. The van der Waals surface area contributed by atoms with Crippen LogP contribution in [0.4, 0.5) is 5.69 Å². The van der Waals surface area contributed by atoms with Gasteiger partial charge in [0.05, 0.1) is 17.6 Å². The summed E-state index contributed by atoms with van der Waals surface area (Å²) in [5.74, 6) is -0.401. The molecule has 8 heteroatoms. The molecule has 3 aromatic rings. The summed E-state index contributed by atoms with van der Waals surface area (Å²) in [5, 5.41) is 0.767. The highest BCUT2D eigenvalue weighted by molar-refractivity contribution is 7.92. The number of carbonyl (C=O) groups excluding carboxylic acids is 2. The Morgan fingerprint density at radius 3 is 2.55 bits per heavy atom. The van der Waals surface area contributed by atoms with Crippen LogP contribution in [0.15, 0.2) is 41.3 Å². The summed E-state index contributed by atoms with van der Waals surface area (Å²) in [4.78, 5) is 27.2. The molecule has 1 heterocycles. The highest BCUT2D eigenvalue weighted by Gasteiger charge is 2.25. The minimum atomic E-state index is -3.86. The number of benzene rings is 2. The molecule has 7 nitrogen and oxygen atoms in total. The van der Waals surface area contributed by atoms with E-state index in [1.807, 2.05) is 0 Å². The van der Waals surface area contributed by atoms with E-state index in [4.69, 9.17) is 0 Å². The number of aromatic nitrogens is 1. The molecule has 0 fully saturated rings. The van der Waals surface area contributed by atoms with Crippen LogP contribution in [-0.4, -0.2) is 32.3 Å². The van der Waals surface area contributed by atoms with Gasteiger partial charge in [0.2, 0.25) is 0 Å². The fraction of sp³-hybridized carbons (Fsp3) is 0.238. The van der Waals surface area contributed by atoms with Crippen molar-refractivity contribution >= 4 is 38.4 Å². The molecule has 4 rings (SSSR count). The number of aromatic amines is 1. The minimum Gasteiger partial charge on any atom is -0.465 e. The average molecular weight is 412 g/mol. The first-order valence-corrected chi connectivity index (χ1v) is 10.7. The summed E-state index contributed by atoms with van der Waals surface area (Å²) in [6.45, 7) is 1.71. The lowest BCUT2D eigenvalue weighted by molar-refractivity contribution is 0.0600. The zero-order chi connectivity index (χ0) is 20.8. The maximum absolute atomic E-state index is 13.0. The maximum atomic E-state index is 13.0. The third kappa shape index (κ3) is 3.40. The van der Waals surface area contributed by atoms with Gasteiger partial charge in [-0.3, -0.25) is 9.52 Å². The van der Waals surface area contributed by atoms with Gasteiger partial charge in [-0.15, -0.1) is 0 Å². The van der Waals surface area contributed by atoms with Crippen molar-refractivity contribution in [1.29, 1.82) is 0 Å². The number of ether oxygens (including phenoxy) is 1. The van der Waals surface area contributed by atoms with E-state index in [1.165, 1.54) is 31.4 Å². The first-order valence-electron chi connectivity index (χ1n) is 9.20. The van der Waals surface area contributed by atoms with Crippen LogP contribution in [0.25, 0.3) is 10.9 Å². The molecule has 2 N–H and O–H groups in total. The Morgan fingerprint density at radius 1 is 1.14 bits per heavy atom. The highest BCUT2D eigenvalue weighted by atomic mass is 32.2. The van der Waals surface area contributed by atoms with Crippen molar-refractivity contribution < 1.29 is 22.7 Å². The number of H-pyrrole nitrogens is 1. The molecule has 0 unspecified atom stereocenters. The molecule has 0 spiro atoms. The third-order valence-electron chi connectivity index (χ3n) is 5.13. The second-order valence-electron chi connectivity index (χ2n) is 7.09. The molecule has 29 heavy (non-hydrogen) atoms. The Labute approximate surface area is 168 Å². The Hall–Kier alpha value is -3.13. The van der Waals surface area contributed by atoms with Crippen molar-refractivity contribution in [3.63, 3.8) is 0 Å². The molecule has 150 valence electrons. The van der Waals surface area contributed by atoms with E-state index in [9.17, 15) is 18.0 Å². The topological polar surface area (TPSA) is 105 Å². The smallest absolute Gasteiger partial charge is 0.337 e. The van der Waals surface area contributed by atoms with E-state index in [0.717, 1.165) is 23.9 Å². The van der Waals surface area contributed by atoms with Crippen molar-refractivity contribution in [1.82, 2.24) is 4.98 Å². The van der Waals surface area contributed by atoms with Gasteiger partial charge in [-0.2, -0.15) is 0 Å². The SMILES string of the molecule is COC(=O)c1ccc(NS(=O)(=O)c2cc3[nH]c4c(c3cc2C)C(=O)CCC4)cc1. The molecule has 0 atom stereocenters. The number of fused-ring (bicyclic) bond motifs is 3. The highest BCUT2D eigenvalue weighted by Crippen LogP contribution is 2.32. The lowest BCUT2D eigenvalue weighted by atomic mass is 9.94. The lowest BCUT2D eigenvalue weighted by Crippen LogP contribution is -2.14. The summed E-state index contributed by atoms with van der Waals surface area (Å²) >= 11 is 0. The number of Topliss-reactive ketones (excluding diaryl/α,β-unsaturated/α-hetero) is 1. The fourth-order valence-corrected chi connectivity index (χ4v) is 5.05. The number of methoxy groups -OCH3 is 1. The van der Waals surface area contributed by atoms with Gasteiger partial charge in [0.1, 0.15) is 0 Å². The molecule has 0 radical (unpaired) electrons. The number of hydrogen-bond acceptors (Lipinski definition) is 5. The zero-order valence-electron chi connectivity index (χ0n) is 16.0. The Balaban J connectivity index is 1.70. The lowest BCUT2D eigenvalue weighted by Gasteiger charge is -2.12. The first kappa shape index (κ1) is 19.2. The predicted octanol–water partition coefficient (Wildman–Crippen LogP) is 3.58. The molecular formula is C21H20N2O5S. The minimum absolute atomic E-state index is 0.0938. The van der Waals surface area contributed by atoms with Gasteiger partial charge in [-0.05, 0) is 61.7 Å². The average Bonchev–Trinajstić information content (AvgIpc) is 3.05. The van der Waals surface area contributed by atoms with Crippen molar-refractivity contribution in [2.45, 2.75) is 31.1 Å². The van der Waals surface area contributed by atoms with Crippen molar-refractivity contribution in [2.24, 2.45) is 0 Å². The molecule has 1 aliphatic carbocycles. The van der Waals surface area contributed by atoms with Gasteiger partial charge < -0.3 is 9.72 Å². The van der Waals surface area contributed by atoms with Crippen LogP contribution in [0, 0.1) is 6.92 Å².